The van der Waals surface area contributed by atoms with Gasteiger partial charge < -0.3 is 24.7 Å². The molecule has 9 heteroatoms. The summed E-state index contributed by atoms with van der Waals surface area (Å²) in [6.07, 6.45) is 0.806. The monoisotopic (exact) mass is 516 g/mol. The van der Waals surface area contributed by atoms with Crippen molar-refractivity contribution in [1.29, 1.82) is 0 Å². The Morgan fingerprint density at radius 1 is 1.11 bits per heavy atom. The van der Waals surface area contributed by atoms with Crippen LogP contribution < -0.4 is 4.74 Å². The van der Waals surface area contributed by atoms with Crippen LogP contribution in [0.4, 0.5) is 8.78 Å². The number of amides is 1. The molecule has 2 aromatic rings. The van der Waals surface area contributed by atoms with Crippen molar-refractivity contribution in [3.63, 3.8) is 0 Å². The maximum atomic E-state index is 14.9. The van der Waals surface area contributed by atoms with E-state index in [1.807, 2.05) is 0 Å². The average Bonchev–Trinajstić information content (AvgIpc) is 3.24. The van der Waals surface area contributed by atoms with E-state index in [4.69, 9.17) is 4.74 Å². The number of hydrogen-bond acceptors (Lipinski definition) is 5. The lowest BCUT2D eigenvalue weighted by atomic mass is 9.96. The molecule has 2 aromatic carbocycles. The van der Waals surface area contributed by atoms with Crippen molar-refractivity contribution in [3.8, 4) is 16.9 Å². The lowest BCUT2D eigenvalue weighted by molar-refractivity contribution is -0.141. The lowest BCUT2D eigenvalue weighted by Crippen LogP contribution is -2.41. The molecule has 200 valence electrons. The van der Waals surface area contributed by atoms with Gasteiger partial charge in [0, 0.05) is 19.5 Å². The molecular formula is C28H34F2N2O5. The van der Waals surface area contributed by atoms with E-state index in [1.54, 1.807) is 44.2 Å². The van der Waals surface area contributed by atoms with E-state index in [0.717, 1.165) is 36.9 Å². The molecule has 2 unspecified atom stereocenters. The smallest absolute Gasteiger partial charge is 0.326 e. The molecule has 0 bridgehead atoms. The van der Waals surface area contributed by atoms with Crippen LogP contribution in [0.2, 0.25) is 0 Å². The minimum absolute atomic E-state index is 0.0935. The number of nitrogens with zero attached hydrogens (tertiary/aromatic N) is 2. The SMILES string of the molecule is CC(C)(F)CN1CCC(COc2ccc(-c3cccc(F)c3C(=O)N3CC(O)CC3C(=O)O)cc2)CC1. The van der Waals surface area contributed by atoms with Gasteiger partial charge in [-0.15, -0.1) is 0 Å². The molecule has 0 spiro atoms. The highest BCUT2D eigenvalue weighted by atomic mass is 19.1. The summed E-state index contributed by atoms with van der Waals surface area (Å²) in [6.45, 7) is 5.68. The van der Waals surface area contributed by atoms with Crippen molar-refractivity contribution < 1.29 is 33.3 Å². The Morgan fingerprint density at radius 2 is 1.78 bits per heavy atom. The van der Waals surface area contributed by atoms with Gasteiger partial charge in [0.1, 0.15) is 23.3 Å². The van der Waals surface area contributed by atoms with Crippen molar-refractivity contribution >= 4 is 11.9 Å². The van der Waals surface area contributed by atoms with Crippen LogP contribution in [-0.4, -0.2) is 82.5 Å². The highest BCUT2D eigenvalue weighted by Crippen LogP contribution is 2.31. The molecule has 2 atom stereocenters. The van der Waals surface area contributed by atoms with Gasteiger partial charge in [0.15, 0.2) is 0 Å². The van der Waals surface area contributed by atoms with Crippen molar-refractivity contribution in [3.05, 3.63) is 53.8 Å². The molecule has 2 aliphatic rings. The second-order valence-corrected chi connectivity index (χ2v) is 10.6. The number of hydrogen-bond donors (Lipinski definition) is 2. The topological polar surface area (TPSA) is 90.3 Å². The number of carboxylic acids is 1. The first-order chi connectivity index (χ1) is 17.5. The molecule has 0 saturated carbocycles. The summed E-state index contributed by atoms with van der Waals surface area (Å²) < 4.78 is 34.7. The molecule has 2 fully saturated rings. The van der Waals surface area contributed by atoms with Gasteiger partial charge in [0.05, 0.1) is 18.3 Å². The lowest BCUT2D eigenvalue weighted by Gasteiger charge is -2.34. The van der Waals surface area contributed by atoms with Crippen LogP contribution in [0.1, 0.15) is 43.5 Å². The molecule has 4 rings (SSSR count). The van der Waals surface area contributed by atoms with Gasteiger partial charge in [-0.2, -0.15) is 0 Å². The molecule has 2 heterocycles. The summed E-state index contributed by atoms with van der Waals surface area (Å²) in [5, 5.41) is 19.4. The number of alkyl halides is 1. The van der Waals surface area contributed by atoms with Crippen molar-refractivity contribution in [1.82, 2.24) is 9.80 Å². The Balaban J connectivity index is 1.42. The van der Waals surface area contributed by atoms with Crippen molar-refractivity contribution in [2.75, 3.05) is 32.8 Å². The quantitative estimate of drug-likeness (QED) is 0.552. The van der Waals surface area contributed by atoms with E-state index in [1.165, 1.54) is 6.07 Å². The van der Waals surface area contributed by atoms with Gasteiger partial charge in [0.25, 0.3) is 5.91 Å². The number of ether oxygens (including phenoxy) is 1. The van der Waals surface area contributed by atoms with E-state index >= 15 is 0 Å². The predicted octanol–water partition coefficient (Wildman–Crippen LogP) is 3.99. The minimum atomic E-state index is -1.23. The number of carbonyl (C=O) groups excluding carboxylic acids is 1. The average molecular weight is 517 g/mol. The summed E-state index contributed by atoms with van der Waals surface area (Å²) >= 11 is 0. The van der Waals surface area contributed by atoms with Crippen molar-refractivity contribution in [2.24, 2.45) is 5.92 Å². The third-order valence-electron chi connectivity index (χ3n) is 7.01. The zero-order chi connectivity index (χ0) is 26.7. The number of carbonyl (C=O) groups is 2. The Labute approximate surface area is 215 Å². The van der Waals surface area contributed by atoms with E-state index in [2.05, 4.69) is 4.90 Å². The highest BCUT2D eigenvalue weighted by Gasteiger charge is 2.40. The standard InChI is InChI=1S/C28H34F2N2O5/c1-28(2,30)17-31-12-10-18(11-13-31)16-37-21-8-6-19(7-9-21)22-4-3-5-23(29)25(22)26(34)32-15-20(33)14-24(32)27(35)36/h3-9,18,20,24,33H,10-17H2,1-2H3,(H,35,36). The van der Waals surface area contributed by atoms with Crippen molar-refractivity contribution in [2.45, 2.75) is 50.9 Å². The number of aliphatic hydroxyl groups excluding tert-OH is 1. The number of carboxylic acid groups (broad SMARTS) is 1. The maximum absolute atomic E-state index is 14.9. The van der Waals surface area contributed by atoms with E-state index in [9.17, 15) is 28.6 Å². The molecule has 0 aliphatic carbocycles. The van der Waals surface area contributed by atoms with Crippen LogP contribution in [0.3, 0.4) is 0 Å². The van der Waals surface area contributed by atoms with Gasteiger partial charge in [0.2, 0.25) is 0 Å². The summed E-state index contributed by atoms with van der Waals surface area (Å²) in [4.78, 5) is 28.0. The Bertz CT molecular complexity index is 1110. The summed E-state index contributed by atoms with van der Waals surface area (Å²) in [5.41, 5.74) is -0.501. The number of halogens is 2. The van der Waals surface area contributed by atoms with Crippen LogP contribution in [0.5, 0.6) is 5.75 Å². The first-order valence-electron chi connectivity index (χ1n) is 12.7. The number of benzene rings is 2. The fraction of sp³-hybridized carbons (Fsp3) is 0.500. The fourth-order valence-electron chi connectivity index (χ4n) is 5.19. The van der Waals surface area contributed by atoms with Crippen LogP contribution in [-0.2, 0) is 4.79 Å². The fourth-order valence-corrected chi connectivity index (χ4v) is 5.19. The number of β-amino-alcohol motifs (C(OH)–C–C–N with tert-alkyl or cyclic N) is 1. The zero-order valence-corrected chi connectivity index (χ0v) is 21.2. The molecule has 37 heavy (non-hydrogen) atoms. The third-order valence-corrected chi connectivity index (χ3v) is 7.01. The third kappa shape index (κ3) is 6.64. The molecule has 2 saturated heterocycles. The van der Waals surface area contributed by atoms with Gasteiger partial charge in [-0.25, -0.2) is 13.6 Å². The second-order valence-electron chi connectivity index (χ2n) is 10.6. The first kappa shape index (κ1) is 27.0. The minimum Gasteiger partial charge on any atom is -0.493 e. The molecule has 0 radical (unpaired) electrons. The van der Waals surface area contributed by atoms with E-state index < -0.39 is 35.5 Å². The number of rotatable bonds is 8. The highest BCUT2D eigenvalue weighted by molar-refractivity contribution is 6.03. The Morgan fingerprint density at radius 3 is 2.41 bits per heavy atom. The summed E-state index contributed by atoms with van der Waals surface area (Å²) in [6, 6.07) is 10.1. The largest absolute Gasteiger partial charge is 0.493 e. The second kappa shape index (κ2) is 11.1. The van der Waals surface area contributed by atoms with E-state index in [0.29, 0.717) is 35.9 Å². The maximum Gasteiger partial charge on any atom is 0.326 e. The summed E-state index contributed by atoms with van der Waals surface area (Å²) in [7, 11) is 0. The normalized spacial score (nSPS) is 21.3. The molecule has 2 N–H and O–H groups in total. The molecular weight excluding hydrogens is 482 g/mol. The predicted molar refractivity (Wildman–Crippen MR) is 135 cm³/mol. The van der Waals surface area contributed by atoms with Crippen LogP contribution in [0.15, 0.2) is 42.5 Å². The van der Waals surface area contributed by atoms with Crippen LogP contribution in [0.25, 0.3) is 11.1 Å². The Hall–Kier alpha value is -3.04. The van der Waals surface area contributed by atoms with Crippen LogP contribution in [0, 0.1) is 11.7 Å². The van der Waals surface area contributed by atoms with Gasteiger partial charge in [-0.1, -0.05) is 24.3 Å². The zero-order valence-electron chi connectivity index (χ0n) is 21.2. The van der Waals surface area contributed by atoms with E-state index in [-0.39, 0.29) is 18.5 Å². The van der Waals surface area contributed by atoms with Crippen LogP contribution >= 0.6 is 0 Å². The number of likely N-dealkylation sites (tertiary alicyclic amines) is 2. The number of aliphatic carboxylic acids is 1. The van der Waals surface area contributed by atoms with Gasteiger partial charge in [-0.05, 0) is 75.0 Å². The molecule has 7 nitrogen and oxygen atoms in total. The van der Waals surface area contributed by atoms with Gasteiger partial charge in [-0.3, -0.25) is 4.79 Å². The number of aliphatic hydroxyl groups is 1. The molecule has 0 aromatic heterocycles. The number of piperidine rings is 1. The molecule has 1 amide bonds. The molecule has 2 aliphatic heterocycles. The van der Waals surface area contributed by atoms with Gasteiger partial charge >= 0.3 is 5.97 Å². The Kier molecular flexibility index (Phi) is 8.14. The first-order valence-corrected chi connectivity index (χ1v) is 12.7. The summed E-state index contributed by atoms with van der Waals surface area (Å²) in [5.74, 6) is -1.73.